The zero-order valence-electron chi connectivity index (χ0n) is 11.5. The van der Waals surface area contributed by atoms with E-state index < -0.39 is 4.92 Å². The van der Waals surface area contributed by atoms with Crippen LogP contribution < -0.4 is 11.1 Å². The number of methoxy groups -OCH3 is 1. The molecule has 1 aromatic heterocycles. The molecule has 0 saturated carbocycles. The zero-order chi connectivity index (χ0) is 14.8. The third-order valence-electron chi connectivity index (χ3n) is 2.53. The van der Waals surface area contributed by atoms with Gasteiger partial charge in [0.1, 0.15) is 5.82 Å². The Bertz CT molecular complexity index is 428. The Labute approximate surface area is 117 Å². The summed E-state index contributed by atoms with van der Waals surface area (Å²) in [6.45, 7) is 2.37. The van der Waals surface area contributed by atoms with Crippen LogP contribution in [0.15, 0.2) is 12.1 Å². The molecule has 1 aromatic rings. The SMILES string of the molecule is COCCOCCCCNc1nc(N)ccc1[N+](=O)[O-]. The van der Waals surface area contributed by atoms with Crippen LogP contribution >= 0.6 is 0 Å². The first-order chi connectivity index (χ1) is 9.65. The van der Waals surface area contributed by atoms with Crippen molar-refractivity contribution >= 4 is 17.3 Å². The number of hydrogen-bond donors (Lipinski definition) is 2. The molecule has 8 heteroatoms. The molecule has 1 rings (SSSR count). The minimum Gasteiger partial charge on any atom is -0.384 e. The van der Waals surface area contributed by atoms with Gasteiger partial charge in [-0.3, -0.25) is 10.1 Å². The van der Waals surface area contributed by atoms with E-state index in [-0.39, 0.29) is 17.3 Å². The molecule has 0 fully saturated rings. The van der Waals surface area contributed by atoms with Crippen LogP contribution in [0.5, 0.6) is 0 Å². The van der Waals surface area contributed by atoms with Crippen molar-refractivity contribution in [1.82, 2.24) is 4.98 Å². The molecule has 1 heterocycles. The maximum Gasteiger partial charge on any atom is 0.311 e. The van der Waals surface area contributed by atoms with Crippen LogP contribution in [0.2, 0.25) is 0 Å². The van der Waals surface area contributed by atoms with Crippen molar-refractivity contribution in [3.05, 3.63) is 22.2 Å². The smallest absolute Gasteiger partial charge is 0.311 e. The van der Waals surface area contributed by atoms with E-state index in [2.05, 4.69) is 10.3 Å². The van der Waals surface area contributed by atoms with Gasteiger partial charge < -0.3 is 20.5 Å². The first-order valence-electron chi connectivity index (χ1n) is 6.36. The van der Waals surface area contributed by atoms with Crippen LogP contribution in [0.4, 0.5) is 17.3 Å². The van der Waals surface area contributed by atoms with E-state index in [0.717, 1.165) is 12.8 Å². The molecule has 0 saturated heterocycles. The summed E-state index contributed by atoms with van der Waals surface area (Å²) >= 11 is 0. The zero-order valence-corrected chi connectivity index (χ0v) is 11.5. The van der Waals surface area contributed by atoms with E-state index in [4.69, 9.17) is 15.2 Å². The molecule has 112 valence electrons. The fourth-order valence-corrected chi connectivity index (χ4v) is 1.52. The number of unbranched alkanes of at least 4 members (excludes halogenated alkanes) is 1. The van der Waals surface area contributed by atoms with Gasteiger partial charge in [0.2, 0.25) is 5.82 Å². The van der Waals surface area contributed by atoms with Crippen LogP contribution in [0.25, 0.3) is 0 Å². The fourth-order valence-electron chi connectivity index (χ4n) is 1.52. The van der Waals surface area contributed by atoms with Crippen molar-refractivity contribution in [1.29, 1.82) is 0 Å². The van der Waals surface area contributed by atoms with Crippen LogP contribution in [0.3, 0.4) is 0 Å². The Morgan fingerprint density at radius 3 is 2.85 bits per heavy atom. The summed E-state index contributed by atoms with van der Waals surface area (Å²) in [5.41, 5.74) is 5.45. The number of hydrogen-bond acceptors (Lipinski definition) is 7. The summed E-state index contributed by atoms with van der Waals surface area (Å²) in [5, 5.41) is 13.7. The minimum atomic E-state index is -0.483. The first kappa shape index (κ1) is 16.1. The predicted octanol–water partition coefficient (Wildman–Crippen LogP) is 1.43. The lowest BCUT2D eigenvalue weighted by molar-refractivity contribution is -0.384. The average Bonchev–Trinajstić information content (AvgIpc) is 2.41. The van der Waals surface area contributed by atoms with Crippen molar-refractivity contribution in [3.63, 3.8) is 0 Å². The topological polar surface area (TPSA) is 113 Å². The molecule has 0 bridgehead atoms. The second kappa shape index (κ2) is 9.05. The van der Waals surface area contributed by atoms with Gasteiger partial charge in [-0.15, -0.1) is 0 Å². The molecular formula is C12H20N4O4. The van der Waals surface area contributed by atoms with E-state index >= 15 is 0 Å². The number of nitro groups is 1. The summed E-state index contributed by atoms with van der Waals surface area (Å²) in [5.74, 6) is 0.455. The lowest BCUT2D eigenvalue weighted by Crippen LogP contribution is -2.09. The molecule has 0 atom stereocenters. The van der Waals surface area contributed by atoms with E-state index in [1.54, 1.807) is 7.11 Å². The van der Waals surface area contributed by atoms with E-state index in [1.165, 1.54) is 12.1 Å². The summed E-state index contributed by atoms with van der Waals surface area (Å²) in [6, 6.07) is 2.76. The molecule has 3 N–H and O–H groups in total. The van der Waals surface area contributed by atoms with Crippen LogP contribution in [0, 0.1) is 10.1 Å². The highest BCUT2D eigenvalue weighted by Gasteiger charge is 2.14. The van der Waals surface area contributed by atoms with E-state index in [1.807, 2.05) is 0 Å². The second-order valence-corrected chi connectivity index (χ2v) is 4.10. The number of pyridine rings is 1. The van der Waals surface area contributed by atoms with Gasteiger partial charge in [0.15, 0.2) is 0 Å². The highest BCUT2D eigenvalue weighted by molar-refractivity contribution is 5.59. The predicted molar refractivity (Wildman–Crippen MR) is 75.7 cm³/mol. The number of aromatic nitrogens is 1. The fraction of sp³-hybridized carbons (Fsp3) is 0.583. The largest absolute Gasteiger partial charge is 0.384 e. The first-order valence-corrected chi connectivity index (χ1v) is 6.36. The molecular weight excluding hydrogens is 264 g/mol. The highest BCUT2D eigenvalue weighted by Crippen LogP contribution is 2.22. The van der Waals surface area contributed by atoms with Crippen molar-refractivity contribution in [2.45, 2.75) is 12.8 Å². The number of ether oxygens (including phenoxy) is 2. The summed E-state index contributed by atoms with van der Waals surface area (Å²) in [4.78, 5) is 14.3. The van der Waals surface area contributed by atoms with Crippen LogP contribution in [-0.4, -0.2) is 43.4 Å². The number of rotatable bonds is 10. The standard InChI is InChI=1S/C12H20N4O4/c1-19-8-9-20-7-3-2-6-14-12-10(16(17)18)4-5-11(13)15-12/h4-5H,2-3,6-9H2,1H3,(H3,13,14,15). The Morgan fingerprint density at radius 2 is 2.15 bits per heavy atom. The third-order valence-corrected chi connectivity index (χ3v) is 2.53. The highest BCUT2D eigenvalue weighted by atomic mass is 16.6. The van der Waals surface area contributed by atoms with Crippen molar-refractivity contribution < 1.29 is 14.4 Å². The van der Waals surface area contributed by atoms with Gasteiger partial charge in [-0.25, -0.2) is 4.98 Å². The number of nitrogens with zero attached hydrogens (tertiary/aromatic N) is 2. The average molecular weight is 284 g/mol. The van der Waals surface area contributed by atoms with Gasteiger partial charge in [0.25, 0.3) is 0 Å². The van der Waals surface area contributed by atoms with Crippen LogP contribution in [-0.2, 0) is 9.47 Å². The monoisotopic (exact) mass is 284 g/mol. The quantitative estimate of drug-likeness (QED) is 0.379. The second-order valence-electron chi connectivity index (χ2n) is 4.10. The molecule has 20 heavy (non-hydrogen) atoms. The Hall–Kier alpha value is -1.93. The maximum atomic E-state index is 10.8. The van der Waals surface area contributed by atoms with E-state index in [9.17, 15) is 10.1 Å². The lowest BCUT2D eigenvalue weighted by Gasteiger charge is -2.07. The number of nitrogens with one attached hydrogen (secondary N) is 1. The molecule has 8 nitrogen and oxygen atoms in total. The van der Waals surface area contributed by atoms with Gasteiger partial charge in [-0.1, -0.05) is 0 Å². The molecule has 0 aliphatic carbocycles. The third kappa shape index (κ3) is 5.81. The van der Waals surface area contributed by atoms with E-state index in [0.29, 0.717) is 26.4 Å². The number of nitrogens with two attached hydrogens (primary N) is 1. The normalized spacial score (nSPS) is 10.4. The Kier molecular flexibility index (Phi) is 7.30. The molecule has 0 aliphatic heterocycles. The molecule has 0 amide bonds. The van der Waals surface area contributed by atoms with Gasteiger partial charge >= 0.3 is 5.69 Å². The Morgan fingerprint density at radius 1 is 1.35 bits per heavy atom. The summed E-state index contributed by atoms with van der Waals surface area (Å²) < 4.78 is 10.2. The maximum absolute atomic E-state index is 10.8. The van der Waals surface area contributed by atoms with Crippen molar-refractivity contribution in [2.24, 2.45) is 0 Å². The van der Waals surface area contributed by atoms with Crippen molar-refractivity contribution in [3.8, 4) is 0 Å². The molecule has 0 aliphatic rings. The molecule has 0 aromatic carbocycles. The van der Waals surface area contributed by atoms with Gasteiger partial charge in [0, 0.05) is 26.3 Å². The number of anilines is 2. The van der Waals surface area contributed by atoms with Gasteiger partial charge in [-0.05, 0) is 18.9 Å². The molecule has 0 radical (unpaired) electrons. The number of nitrogen functional groups attached to an aromatic ring is 1. The summed E-state index contributed by atoms with van der Waals surface area (Å²) in [6.07, 6.45) is 1.67. The molecule has 0 spiro atoms. The van der Waals surface area contributed by atoms with Crippen LogP contribution in [0.1, 0.15) is 12.8 Å². The van der Waals surface area contributed by atoms with Gasteiger partial charge in [-0.2, -0.15) is 0 Å². The molecule has 0 unspecified atom stereocenters. The Balaban J connectivity index is 2.28. The lowest BCUT2D eigenvalue weighted by atomic mass is 10.3. The van der Waals surface area contributed by atoms with Gasteiger partial charge in [0.05, 0.1) is 18.1 Å². The van der Waals surface area contributed by atoms with Crippen molar-refractivity contribution in [2.75, 3.05) is 44.5 Å². The summed E-state index contributed by atoms with van der Waals surface area (Å²) in [7, 11) is 1.62. The minimum absolute atomic E-state index is 0.0736.